The van der Waals surface area contributed by atoms with Gasteiger partial charge in [-0.3, -0.25) is 0 Å². The van der Waals surface area contributed by atoms with Crippen LogP contribution in [0.3, 0.4) is 0 Å². The number of methoxy groups -OCH3 is 1. The van der Waals surface area contributed by atoms with E-state index in [2.05, 4.69) is 17.6 Å². The van der Waals surface area contributed by atoms with Crippen molar-refractivity contribution in [2.45, 2.75) is 83.3 Å². The molecule has 0 unspecified atom stereocenters. The van der Waals surface area contributed by atoms with Crippen LogP contribution in [-0.4, -0.2) is 56.7 Å². The number of rotatable bonds is 11. The molecule has 2 fully saturated rings. The Morgan fingerprint density at radius 2 is 1.77 bits per heavy atom. The molecule has 2 aliphatic rings. The first-order valence-corrected chi connectivity index (χ1v) is 11.2. The Bertz CT molecular complexity index is 696. The van der Waals surface area contributed by atoms with Gasteiger partial charge in [-0.05, 0) is 44.5 Å². The van der Waals surface area contributed by atoms with Crippen LogP contribution in [0.1, 0.15) is 52.9 Å². The van der Waals surface area contributed by atoms with Crippen LogP contribution in [0.15, 0.2) is 24.3 Å². The summed E-state index contributed by atoms with van der Waals surface area (Å²) in [5, 5.41) is 5.65. The number of amides is 2. The van der Waals surface area contributed by atoms with E-state index >= 15 is 0 Å². The second-order valence-corrected chi connectivity index (χ2v) is 8.46. The van der Waals surface area contributed by atoms with Crippen molar-refractivity contribution in [1.29, 1.82) is 0 Å². The van der Waals surface area contributed by atoms with E-state index in [0.717, 1.165) is 18.6 Å². The lowest BCUT2D eigenvalue weighted by Crippen LogP contribution is -2.41. The molecule has 0 aliphatic carbocycles. The largest absolute Gasteiger partial charge is 0.497 e. The van der Waals surface area contributed by atoms with Gasteiger partial charge in [0, 0.05) is 18.8 Å². The van der Waals surface area contributed by atoms with Crippen molar-refractivity contribution < 1.29 is 28.5 Å². The summed E-state index contributed by atoms with van der Waals surface area (Å²) in [7, 11) is 1.60. The second kappa shape index (κ2) is 11.1. The Balaban J connectivity index is 1.47. The molecule has 8 heteroatoms. The van der Waals surface area contributed by atoms with E-state index in [0.29, 0.717) is 18.8 Å². The van der Waals surface area contributed by atoms with E-state index in [1.807, 2.05) is 13.8 Å². The summed E-state index contributed by atoms with van der Waals surface area (Å²) in [6.07, 6.45) is 4.40. The lowest BCUT2D eigenvalue weighted by molar-refractivity contribution is -0.232. The van der Waals surface area contributed by atoms with E-state index in [-0.39, 0.29) is 24.3 Å². The molecule has 2 N–H and O–H groups in total. The van der Waals surface area contributed by atoms with E-state index in [1.165, 1.54) is 19.3 Å². The number of nitrogens with one attached hydrogen (secondary N) is 2. The molecule has 8 nitrogen and oxygen atoms in total. The quantitative estimate of drug-likeness (QED) is 0.509. The number of benzene rings is 1. The lowest BCUT2D eigenvalue weighted by atomic mass is 10.1. The highest BCUT2D eigenvalue weighted by atomic mass is 16.8. The van der Waals surface area contributed by atoms with Crippen LogP contribution in [0.2, 0.25) is 0 Å². The number of fused-ring (bicyclic) bond motifs is 1. The molecular formula is C23H36N2O6. The molecule has 1 aromatic carbocycles. The number of hydrogen-bond acceptors (Lipinski definition) is 6. The molecule has 2 aliphatic heterocycles. The maximum atomic E-state index is 12.3. The highest BCUT2D eigenvalue weighted by Gasteiger charge is 2.55. The first-order chi connectivity index (χ1) is 14.9. The molecule has 31 heavy (non-hydrogen) atoms. The fourth-order valence-corrected chi connectivity index (χ4v) is 3.89. The van der Waals surface area contributed by atoms with Crippen LogP contribution >= 0.6 is 0 Å². The summed E-state index contributed by atoms with van der Waals surface area (Å²) >= 11 is 0. The third-order valence-electron chi connectivity index (χ3n) is 5.45. The van der Waals surface area contributed by atoms with Crippen LogP contribution in [-0.2, 0) is 18.9 Å². The van der Waals surface area contributed by atoms with Crippen molar-refractivity contribution in [1.82, 2.24) is 5.32 Å². The summed E-state index contributed by atoms with van der Waals surface area (Å²) in [6.45, 7) is 6.88. The van der Waals surface area contributed by atoms with Gasteiger partial charge in [-0.1, -0.05) is 32.6 Å². The normalized spacial score (nSPS) is 26.5. The van der Waals surface area contributed by atoms with Gasteiger partial charge in [-0.2, -0.15) is 0 Å². The van der Waals surface area contributed by atoms with Crippen LogP contribution < -0.4 is 15.4 Å². The van der Waals surface area contributed by atoms with Gasteiger partial charge in [0.05, 0.1) is 7.11 Å². The molecule has 0 spiro atoms. The molecule has 0 bridgehead atoms. The third kappa shape index (κ3) is 6.80. The van der Waals surface area contributed by atoms with Crippen LogP contribution in [0.4, 0.5) is 10.5 Å². The molecule has 0 radical (unpaired) electrons. The number of carbonyl (C=O) groups excluding carboxylic acids is 1. The average molecular weight is 437 g/mol. The highest BCUT2D eigenvalue weighted by Crippen LogP contribution is 2.39. The van der Waals surface area contributed by atoms with Crippen molar-refractivity contribution in [2.75, 3.05) is 25.6 Å². The maximum absolute atomic E-state index is 12.3. The number of anilines is 1. The SMILES string of the molecule is CCCCCCCO[C@H]1O[C@@H](CNC(=O)Nc2ccc(OC)cc2)[C@@H]2OC(C)(C)O[C@H]12. The van der Waals surface area contributed by atoms with Crippen molar-refractivity contribution in [3.8, 4) is 5.75 Å². The van der Waals surface area contributed by atoms with Gasteiger partial charge in [0.2, 0.25) is 0 Å². The molecule has 0 aromatic heterocycles. The maximum Gasteiger partial charge on any atom is 0.319 e. The van der Waals surface area contributed by atoms with Gasteiger partial charge in [0.25, 0.3) is 0 Å². The standard InChI is InChI=1S/C23H36N2O6/c1-5-6-7-8-9-14-28-21-20-19(30-23(2,3)31-20)18(29-21)15-24-22(26)25-16-10-12-17(27-4)13-11-16/h10-13,18-21H,5-9,14-15H2,1-4H3,(H2,24,25,26)/t18-,19-,20-,21-/m0/s1. The first-order valence-electron chi connectivity index (χ1n) is 11.2. The Morgan fingerprint density at radius 1 is 1.06 bits per heavy atom. The van der Waals surface area contributed by atoms with Crippen LogP contribution in [0, 0.1) is 0 Å². The second-order valence-electron chi connectivity index (χ2n) is 8.46. The average Bonchev–Trinajstić information content (AvgIpc) is 3.23. The summed E-state index contributed by atoms with van der Waals surface area (Å²) < 4.78 is 29.2. The smallest absolute Gasteiger partial charge is 0.319 e. The molecule has 174 valence electrons. The van der Waals surface area contributed by atoms with Crippen LogP contribution in [0.5, 0.6) is 5.75 Å². The minimum absolute atomic E-state index is 0.290. The van der Waals surface area contributed by atoms with Gasteiger partial charge in [0.15, 0.2) is 12.1 Å². The zero-order valence-corrected chi connectivity index (χ0v) is 19.0. The number of hydrogen-bond donors (Lipinski definition) is 2. The van der Waals surface area contributed by atoms with Gasteiger partial charge >= 0.3 is 6.03 Å². The summed E-state index contributed by atoms with van der Waals surface area (Å²) in [6, 6.07) is 6.82. The zero-order valence-electron chi connectivity index (χ0n) is 19.0. The van der Waals surface area contributed by atoms with E-state index in [4.69, 9.17) is 23.7 Å². The third-order valence-corrected chi connectivity index (χ3v) is 5.45. The number of urea groups is 1. The van der Waals surface area contributed by atoms with Crippen molar-refractivity contribution in [3.05, 3.63) is 24.3 Å². The first kappa shape index (κ1) is 23.8. The predicted molar refractivity (Wildman–Crippen MR) is 117 cm³/mol. The number of ether oxygens (including phenoxy) is 5. The fourth-order valence-electron chi connectivity index (χ4n) is 3.89. The number of carbonyl (C=O) groups is 1. The lowest BCUT2D eigenvalue weighted by Gasteiger charge is -2.24. The van der Waals surface area contributed by atoms with E-state index in [9.17, 15) is 4.79 Å². The van der Waals surface area contributed by atoms with Gasteiger partial charge in [-0.15, -0.1) is 0 Å². The molecule has 1 aromatic rings. The molecule has 2 amide bonds. The molecule has 4 atom stereocenters. The molecular weight excluding hydrogens is 400 g/mol. The highest BCUT2D eigenvalue weighted by molar-refractivity contribution is 5.89. The Hall–Kier alpha value is -1.87. The van der Waals surface area contributed by atoms with Crippen molar-refractivity contribution >= 4 is 11.7 Å². The Labute approximate surface area is 184 Å². The minimum atomic E-state index is -0.703. The van der Waals surface area contributed by atoms with Crippen molar-refractivity contribution in [2.24, 2.45) is 0 Å². The predicted octanol–water partition coefficient (Wildman–Crippen LogP) is 4.05. The zero-order chi connectivity index (χ0) is 22.3. The Kier molecular flexibility index (Phi) is 8.54. The molecule has 3 rings (SSSR count). The van der Waals surface area contributed by atoms with E-state index in [1.54, 1.807) is 31.4 Å². The van der Waals surface area contributed by atoms with Gasteiger partial charge in [-0.25, -0.2) is 4.79 Å². The fraction of sp³-hybridized carbons (Fsp3) is 0.696. The topological polar surface area (TPSA) is 87.3 Å². The van der Waals surface area contributed by atoms with Gasteiger partial charge in [0.1, 0.15) is 24.1 Å². The van der Waals surface area contributed by atoms with E-state index < -0.39 is 12.1 Å². The summed E-state index contributed by atoms with van der Waals surface area (Å²) in [5.74, 6) is 0.0274. The Morgan fingerprint density at radius 3 is 2.48 bits per heavy atom. The number of unbranched alkanes of at least 4 members (excludes halogenated alkanes) is 4. The van der Waals surface area contributed by atoms with Crippen molar-refractivity contribution in [3.63, 3.8) is 0 Å². The monoisotopic (exact) mass is 436 g/mol. The van der Waals surface area contributed by atoms with Gasteiger partial charge < -0.3 is 34.3 Å². The molecule has 0 saturated carbocycles. The summed E-state index contributed by atoms with van der Waals surface area (Å²) in [4.78, 5) is 12.3. The molecule has 2 heterocycles. The minimum Gasteiger partial charge on any atom is -0.497 e. The summed E-state index contributed by atoms with van der Waals surface area (Å²) in [5.41, 5.74) is 0.675. The molecule has 2 saturated heterocycles. The van der Waals surface area contributed by atoms with Crippen LogP contribution in [0.25, 0.3) is 0 Å².